The maximum absolute atomic E-state index is 6.34. The zero-order valence-electron chi connectivity index (χ0n) is 13.3. The molecule has 0 saturated heterocycles. The zero-order valence-corrected chi connectivity index (χ0v) is 14.9. The van der Waals surface area contributed by atoms with Crippen molar-refractivity contribution in [2.24, 2.45) is 11.1 Å². The van der Waals surface area contributed by atoms with Crippen LogP contribution in [0, 0.1) is 5.41 Å². The van der Waals surface area contributed by atoms with Crippen LogP contribution in [-0.2, 0) is 6.42 Å². The molecule has 1 aromatic heterocycles. The minimum atomic E-state index is 0.162. The lowest BCUT2D eigenvalue weighted by Gasteiger charge is -2.32. The number of fused-ring (bicyclic) bond motifs is 1. The van der Waals surface area contributed by atoms with Gasteiger partial charge in [0.25, 0.3) is 0 Å². The lowest BCUT2D eigenvalue weighted by molar-refractivity contribution is 0.282. The molecule has 114 valence electrons. The first kappa shape index (κ1) is 16.1. The Morgan fingerprint density at radius 1 is 1.55 bits per heavy atom. The molecule has 1 aromatic rings. The van der Waals surface area contributed by atoms with Crippen LogP contribution < -0.4 is 10.6 Å². The van der Waals surface area contributed by atoms with Crippen LogP contribution in [0.15, 0.2) is 0 Å². The van der Waals surface area contributed by atoms with E-state index in [0.717, 1.165) is 18.0 Å². The second-order valence-electron chi connectivity index (χ2n) is 6.70. The summed E-state index contributed by atoms with van der Waals surface area (Å²) in [5.41, 5.74) is 7.85. The molecule has 0 amide bonds. The molecule has 3 nitrogen and oxygen atoms in total. The number of hydrogen-bond acceptors (Lipinski definition) is 5. The minimum Gasteiger partial charge on any atom is -0.348 e. The molecular formula is C15H27N3S2. The lowest BCUT2D eigenvalue weighted by Crippen LogP contribution is -2.29. The molecule has 1 heterocycles. The lowest BCUT2D eigenvalue weighted by atomic mass is 9.77. The molecule has 0 saturated carbocycles. The molecule has 1 aliphatic rings. The highest BCUT2D eigenvalue weighted by molar-refractivity contribution is 7.98. The van der Waals surface area contributed by atoms with Gasteiger partial charge in [0.15, 0.2) is 5.13 Å². The maximum Gasteiger partial charge on any atom is 0.185 e. The quantitative estimate of drug-likeness (QED) is 0.900. The van der Waals surface area contributed by atoms with Gasteiger partial charge in [-0.1, -0.05) is 25.2 Å². The van der Waals surface area contributed by atoms with E-state index in [0.29, 0.717) is 6.04 Å². The highest BCUT2D eigenvalue weighted by Gasteiger charge is 2.33. The van der Waals surface area contributed by atoms with Crippen molar-refractivity contribution in [1.82, 2.24) is 4.98 Å². The van der Waals surface area contributed by atoms with Crippen molar-refractivity contribution in [2.45, 2.75) is 52.1 Å². The summed E-state index contributed by atoms with van der Waals surface area (Å²) in [6.07, 6.45) is 5.47. The molecule has 2 unspecified atom stereocenters. The number of hydrogen-bond donors (Lipinski definition) is 1. The van der Waals surface area contributed by atoms with Crippen LogP contribution in [0.1, 0.15) is 50.2 Å². The van der Waals surface area contributed by atoms with Crippen molar-refractivity contribution >= 4 is 28.2 Å². The average Bonchev–Trinajstić information content (AvgIpc) is 2.77. The molecule has 0 aromatic carbocycles. The van der Waals surface area contributed by atoms with Gasteiger partial charge < -0.3 is 10.6 Å². The SMILES string of the molecule is CSCCC(C)N(C)c1nc2c(s1)C(N)CC(C)(C)C2. The first-order valence-corrected chi connectivity index (χ1v) is 9.52. The number of aromatic nitrogens is 1. The Bertz CT molecular complexity index is 456. The Labute approximate surface area is 131 Å². The van der Waals surface area contributed by atoms with Crippen molar-refractivity contribution in [3.63, 3.8) is 0 Å². The number of nitrogens with two attached hydrogens (primary N) is 1. The van der Waals surface area contributed by atoms with Crippen molar-refractivity contribution < 1.29 is 0 Å². The Hall–Kier alpha value is -0.260. The van der Waals surface area contributed by atoms with Gasteiger partial charge >= 0.3 is 0 Å². The average molecular weight is 314 g/mol. The van der Waals surface area contributed by atoms with E-state index in [1.54, 1.807) is 11.3 Å². The third-order valence-electron chi connectivity index (χ3n) is 4.17. The largest absolute Gasteiger partial charge is 0.348 e. The third kappa shape index (κ3) is 3.49. The second kappa shape index (κ2) is 6.24. The molecule has 1 aliphatic carbocycles. The highest BCUT2D eigenvalue weighted by atomic mass is 32.2. The van der Waals surface area contributed by atoms with Crippen LogP contribution in [0.25, 0.3) is 0 Å². The molecule has 2 N–H and O–H groups in total. The number of nitrogens with zero attached hydrogens (tertiary/aromatic N) is 2. The van der Waals surface area contributed by atoms with E-state index in [1.807, 2.05) is 11.8 Å². The number of anilines is 1. The van der Waals surface area contributed by atoms with Gasteiger partial charge in [-0.25, -0.2) is 4.98 Å². The minimum absolute atomic E-state index is 0.162. The number of rotatable bonds is 5. The first-order chi connectivity index (χ1) is 9.34. The molecule has 2 rings (SSSR count). The predicted octanol–water partition coefficient (Wildman–Crippen LogP) is 3.69. The van der Waals surface area contributed by atoms with Crippen LogP contribution in [0.4, 0.5) is 5.13 Å². The summed E-state index contributed by atoms with van der Waals surface area (Å²) in [6.45, 7) is 6.86. The summed E-state index contributed by atoms with van der Waals surface area (Å²) < 4.78 is 0. The van der Waals surface area contributed by atoms with Gasteiger partial charge in [-0.3, -0.25) is 0 Å². The number of thioether (sulfide) groups is 1. The van der Waals surface area contributed by atoms with Gasteiger partial charge in [-0.2, -0.15) is 11.8 Å². The van der Waals surface area contributed by atoms with Gasteiger partial charge in [0, 0.05) is 24.0 Å². The van der Waals surface area contributed by atoms with Crippen molar-refractivity contribution in [3.05, 3.63) is 10.6 Å². The topological polar surface area (TPSA) is 42.2 Å². The monoisotopic (exact) mass is 313 g/mol. The summed E-state index contributed by atoms with van der Waals surface area (Å²) in [4.78, 5) is 8.51. The molecular weight excluding hydrogens is 286 g/mol. The molecule has 5 heteroatoms. The van der Waals surface area contributed by atoms with E-state index in [9.17, 15) is 0 Å². The van der Waals surface area contributed by atoms with Crippen molar-refractivity contribution in [2.75, 3.05) is 24.0 Å². The molecule has 0 radical (unpaired) electrons. The van der Waals surface area contributed by atoms with Gasteiger partial charge in [-0.15, -0.1) is 0 Å². The summed E-state index contributed by atoms with van der Waals surface area (Å²) in [5.74, 6) is 1.20. The molecule has 0 fully saturated rings. The zero-order chi connectivity index (χ0) is 14.9. The standard InChI is InChI=1S/C15H27N3S2/c1-10(6-7-19-5)18(4)14-17-12-9-15(2,3)8-11(16)13(12)20-14/h10-11H,6-9,16H2,1-5H3. The summed E-state index contributed by atoms with van der Waals surface area (Å²) in [7, 11) is 2.16. The van der Waals surface area contributed by atoms with Crippen LogP contribution in [0.3, 0.4) is 0 Å². The van der Waals surface area contributed by atoms with Gasteiger partial charge in [0.05, 0.1) is 5.69 Å². The van der Waals surface area contributed by atoms with E-state index in [2.05, 4.69) is 39.0 Å². The van der Waals surface area contributed by atoms with Crippen LogP contribution >= 0.6 is 23.1 Å². The molecule has 0 aliphatic heterocycles. The van der Waals surface area contributed by atoms with Crippen LogP contribution in [-0.4, -0.2) is 30.1 Å². The van der Waals surface area contributed by atoms with E-state index in [-0.39, 0.29) is 11.5 Å². The Kier molecular flexibility index (Phi) is 5.03. The predicted molar refractivity (Wildman–Crippen MR) is 92.0 cm³/mol. The summed E-state index contributed by atoms with van der Waals surface area (Å²) >= 11 is 3.70. The highest BCUT2D eigenvalue weighted by Crippen LogP contribution is 2.43. The van der Waals surface area contributed by atoms with Gasteiger partial charge in [-0.05, 0) is 43.6 Å². The van der Waals surface area contributed by atoms with Gasteiger partial charge in [0.1, 0.15) is 0 Å². The smallest absolute Gasteiger partial charge is 0.185 e. The fourth-order valence-electron chi connectivity index (χ4n) is 2.80. The second-order valence-corrected chi connectivity index (χ2v) is 8.70. The van der Waals surface area contributed by atoms with Crippen LogP contribution in [0.2, 0.25) is 0 Å². The maximum atomic E-state index is 6.34. The summed E-state index contributed by atoms with van der Waals surface area (Å²) in [6, 6.07) is 0.689. The van der Waals surface area contributed by atoms with E-state index < -0.39 is 0 Å². The third-order valence-corrected chi connectivity index (χ3v) is 6.14. The molecule has 20 heavy (non-hydrogen) atoms. The molecule has 0 spiro atoms. The van der Waals surface area contributed by atoms with E-state index in [1.165, 1.54) is 22.7 Å². The van der Waals surface area contributed by atoms with E-state index in [4.69, 9.17) is 10.7 Å². The Morgan fingerprint density at radius 2 is 2.25 bits per heavy atom. The Morgan fingerprint density at radius 3 is 2.90 bits per heavy atom. The fraction of sp³-hybridized carbons (Fsp3) is 0.800. The molecule has 2 atom stereocenters. The van der Waals surface area contributed by atoms with Crippen LogP contribution in [0.5, 0.6) is 0 Å². The fourth-order valence-corrected chi connectivity index (χ4v) is 4.53. The number of thiazole rings is 1. The molecule has 0 bridgehead atoms. The van der Waals surface area contributed by atoms with E-state index >= 15 is 0 Å². The van der Waals surface area contributed by atoms with Crippen molar-refractivity contribution in [1.29, 1.82) is 0 Å². The Balaban J connectivity index is 2.16. The van der Waals surface area contributed by atoms with Crippen molar-refractivity contribution in [3.8, 4) is 0 Å². The van der Waals surface area contributed by atoms with Gasteiger partial charge in [0.2, 0.25) is 0 Å². The normalized spacial score (nSPS) is 22.4. The summed E-state index contributed by atoms with van der Waals surface area (Å²) in [5, 5.41) is 1.14. The first-order valence-electron chi connectivity index (χ1n) is 7.31.